The van der Waals surface area contributed by atoms with Crippen LogP contribution in [0.2, 0.25) is 0 Å². The number of carbonyl (C=O) groups is 1. The lowest BCUT2D eigenvalue weighted by Gasteiger charge is -2.62. The van der Waals surface area contributed by atoms with E-state index < -0.39 is 5.97 Å². The highest BCUT2D eigenvalue weighted by Crippen LogP contribution is 2.61. The summed E-state index contributed by atoms with van der Waals surface area (Å²) in [6, 6.07) is 16.1. The Labute approximate surface area is 155 Å². The number of carboxylic acids is 1. The van der Waals surface area contributed by atoms with Crippen molar-refractivity contribution in [2.24, 2.45) is 23.2 Å². The van der Waals surface area contributed by atoms with Crippen LogP contribution in [0.15, 0.2) is 48.5 Å². The molecule has 3 aliphatic carbocycles. The largest absolute Gasteiger partial charge is 0.478 e. The number of benzene rings is 2. The molecule has 136 valence electrons. The van der Waals surface area contributed by atoms with Crippen LogP contribution >= 0.6 is 0 Å². The van der Waals surface area contributed by atoms with Gasteiger partial charge in [-0.05, 0) is 71.4 Å². The fourth-order valence-corrected chi connectivity index (χ4v) is 5.12. The highest BCUT2D eigenvalue weighted by molar-refractivity contribution is 5.88. The second-order valence-electron chi connectivity index (χ2n) is 8.67. The molecule has 0 radical (unpaired) electrons. The molecule has 3 saturated carbocycles. The Hall–Kier alpha value is -2.29. The average molecular weight is 349 g/mol. The highest BCUT2D eigenvalue weighted by Gasteiger charge is 2.56. The van der Waals surface area contributed by atoms with Crippen LogP contribution in [0.3, 0.4) is 0 Å². The summed E-state index contributed by atoms with van der Waals surface area (Å²) >= 11 is 0. The van der Waals surface area contributed by atoms with E-state index in [0.29, 0.717) is 22.9 Å². The van der Waals surface area contributed by atoms with Crippen LogP contribution in [0.5, 0.6) is 0 Å². The number of aromatic carboxylic acids is 1. The van der Waals surface area contributed by atoms with E-state index in [1.807, 2.05) is 12.1 Å². The Balaban J connectivity index is 1.44. The molecule has 0 aromatic heterocycles. The molecule has 2 aromatic carbocycles. The Morgan fingerprint density at radius 2 is 1.58 bits per heavy atom. The summed E-state index contributed by atoms with van der Waals surface area (Å²) in [6.45, 7) is 7.27. The molecule has 26 heavy (non-hydrogen) atoms. The first-order valence-electron chi connectivity index (χ1n) is 9.56. The summed E-state index contributed by atoms with van der Waals surface area (Å²) in [5.74, 6) is 1.51. The van der Waals surface area contributed by atoms with Crippen LogP contribution in [-0.2, 0) is 0 Å². The molecule has 2 bridgehead atoms. The lowest BCUT2D eigenvalue weighted by atomic mass is 9.45. The zero-order valence-electron chi connectivity index (χ0n) is 15.7. The van der Waals surface area contributed by atoms with E-state index in [9.17, 15) is 4.79 Å². The number of rotatable bonds is 4. The first-order chi connectivity index (χ1) is 12.4. The maximum absolute atomic E-state index is 11.0. The first kappa shape index (κ1) is 17.1. The molecule has 3 aliphatic rings. The highest BCUT2D eigenvalue weighted by atomic mass is 16.4. The number of hydrogen-bond donors (Lipinski definition) is 2. The topological polar surface area (TPSA) is 49.3 Å². The van der Waals surface area contributed by atoms with Gasteiger partial charge in [-0.3, -0.25) is 0 Å². The van der Waals surface area contributed by atoms with Crippen molar-refractivity contribution in [3.05, 3.63) is 54.1 Å². The molecule has 3 heteroatoms. The van der Waals surface area contributed by atoms with Gasteiger partial charge in [-0.2, -0.15) is 0 Å². The molecule has 3 fully saturated rings. The Kier molecular flexibility index (Phi) is 4.06. The molecule has 3 nitrogen and oxygen atoms in total. The lowest BCUT2D eigenvalue weighted by Crippen LogP contribution is -2.58. The van der Waals surface area contributed by atoms with Gasteiger partial charge < -0.3 is 10.4 Å². The number of fused-ring (bicyclic) bond motifs is 2. The minimum Gasteiger partial charge on any atom is -0.478 e. The maximum Gasteiger partial charge on any atom is 0.335 e. The average Bonchev–Trinajstić information content (AvgIpc) is 2.63. The summed E-state index contributed by atoms with van der Waals surface area (Å²) in [5, 5.41) is 12.8. The Morgan fingerprint density at radius 3 is 2.08 bits per heavy atom. The standard InChI is InChI=1S/C23H27NO2/c1-14-20-12-18(23(20,2)3)13-21(14)24-19-10-8-16(9-11-19)15-4-6-17(7-5-15)22(25)26/h4-11,14,18,20-21,24H,12-13H2,1-3H3,(H,25,26)/t14-,18+,20-,21-/m0/s1. The van der Waals surface area contributed by atoms with Crippen LogP contribution in [0.1, 0.15) is 44.0 Å². The molecule has 0 spiro atoms. The van der Waals surface area contributed by atoms with Gasteiger partial charge in [-0.25, -0.2) is 4.79 Å². The minimum atomic E-state index is -0.890. The van der Waals surface area contributed by atoms with E-state index in [1.54, 1.807) is 12.1 Å². The van der Waals surface area contributed by atoms with Crippen molar-refractivity contribution in [3.8, 4) is 11.1 Å². The van der Waals surface area contributed by atoms with Gasteiger partial charge in [0.15, 0.2) is 0 Å². The predicted octanol–water partition coefficient (Wildman–Crippen LogP) is 5.53. The minimum absolute atomic E-state index is 0.319. The van der Waals surface area contributed by atoms with E-state index in [4.69, 9.17) is 5.11 Å². The third kappa shape index (κ3) is 2.80. The molecular weight excluding hydrogens is 322 g/mol. The molecule has 0 amide bonds. The van der Waals surface area contributed by atoms with Gasteiger partial charge in [0.05, 0.1) is 5.56 Å². The van der Waals surface area contributed by atoms with E-state index in [1.165, 1.54) is 18.5 Å². The quantitative estimate of drug-likeness (QED) is 0.762. The van der Waals surface area contributed by atoms with Gasteiger partial charge in [-0.15, -0.1) is 0 Å². The van der Waals surface area contributed by atoms with Crippen LogP contribution < -0.4 is 5.32 Å². The zero-order chi connectivity index (χ0) is 18.5. The van der Waals surface area contributed by atoms with Crippen LogP contribution in [-0.4, -0.2) is 17.1 Å². The Bertz CT molecular complexity index is 807. The van der Waals surface area contributed by atoms with E-state index in [-0.39, 0.29) is 0 Å². The van der Waals surface area contributed by atoms with Crippen molar-refractivity contribution >= 4 is 11.7 Å². The molecule has 0 unspecified atom stereocenters. The molecule has 2 aromatic rings. The van der Waals surface area contributed by atoms with Gasteiger partial charge in [0.1, 0.15) is 0 Å². The molecule has 0 heterocycles. The first-order valence-corrected chi connectivity index (χ1v) is 9.56. The van der Waals surface area contributed by atoms with Crippen LogP contribution in [0.25, 0.3) is 11.1 Å². The molecule has 2 N–H and O–H groups in total. The van der Waals surface area contributed by atoms with Gasteiger partial charge in [-0.1, -0.05) is 45.0 Å². The summed E-state index contributed by atoms with van der Waals surface area (Å²) in [6.07, 6.45) is 2.67. The normalized spacial score (nSPS) is 28.9. The van der Waals surface area contributed by atoms with Gasteiger partial charge >= 0.3 is 5.97 Å². The van der Waals surface area contributed by atoms with Gasteiger partial charge in [0, 0.05) is 11.7 Å². The summed E-state index contributed by atoms with van der Waals surface area (Å²) in [4.78, 5) is 11.0. The fourth-order valence-electron chi connectivity index (χ4n) is 5.12. The van der Waals surface area contributed by atoms with Gasteiger partial charge in [0.2, 0.25) is 0 Å². The molecule has 4 atom stereocenters. The van der Waals surface area contributed by atoms with Crippen molar-refractivity contribution in [3.63, 3.8) is 0 Å². The predicted molar refractivity (Wildman–Crippen MR) is 105 cm³/mol. The monoisotopic (exact) mass is 349 g/mol. The SMILES string of the molecule is C[C@@H]1[C@@H](Nc2ccc(-c3ccc(C(=O)O)cc3)cc2)C[C@H]2C[C@@H]1C2(C)C. The second kappa shape index (κ2) is 6.15. The molecule has 0 saturated heterocycles. The smallest absolute Gasteiger partial charge is 0.335 e. The molecular formula is C23H27NO2. The Morgan fingerprint density at radius 1 is 1.00 bits per heavy atom. The van der Waals surface area contributed by atoms with Crippen LogP contribution in [0.4, 0.5) is 5.69 Å². The number of nitrogens with one attached hydrogen (secondary N) is 1. The summed E-state index contributed by atoms with van der Waals surface area (Å²) in [7, 11) is 0. The summed E-state index contributed by atoms with van der Waals surface area (Å²) < 4.78 is 0. The van der Waals surface area contributed by atoms with Crippen molar-refractivity contribution < 1.29 is 9.90 Å². The third-order valence-electron chi connectivity index (χ3n) is 7.06. The van der Waals surface area contributed by atoms with Crippen molar-refractivity contribution in [2.75, 3.05) is 5.32 Å². The number of hydrogen-bond acceptors (Lipinski definition) is 2. The van der Waals surface area contributed by atoms with E-state index >= 15 is 0 Å². The second-order valence-corrected chi connectivity index (χ2v) is 8.67. The zero-order valence-corrected chi connectivity index (χ0v) is 15.7. The van der Waals surface area contributed by atoms with Gasteiger partial charge in [0.25, 0.3) is 0 Å². The molecule has 0 aliphatic heterocycles. The van der Waals surface area contributed by atoms with Crippen LogP contribution in [0, 0.1) is 23.2 Å². The van der Waals surface area contributed by atoms with Crippen molar-refractivity contribution in [1.29, 1.82) is 0 Å². The van der Waals surface area contributed by atoms with Crippen molar-refractivity contribution in [2.45, 2.75) is 39.7 Å². The van der Waals surface area contributed by atoms with E-state index in [2.05, 4.69) is 50.4 Å². The maximum atomic E-state index is 11.0. The fraction of sp³-hybridized carbons (Fsp3) is 0.435. The third-order valence-corrected chi connectivity index (χ3v) is 7.06. The number of anilines is 1. The number of carboxylic acid groups (broad SMARTS) is 1. The van der Waals surface area contributed by atoms with E-state index in [0.717, 1.165) is 23.0 Å². The summed E-state index contributed by atoms with van der Waals surface area (Å²) in [5.41, 5.74) is 4.15. The lowest BCUT2D eigenvalue weighted by molar-refractivity contribution is -0.105. The molecule has 5 rings (SSSR count). The van der Waals surface area contributed by atoms with Crippen molar-refractivity contribution in [1.82, 2.24) is 0 Å².